The van der Waals surface area contributed by atoms with Crippen molar-refractivity contribution >= 4 is 39.3 Å². The summed E-state index contributed by atoms with van der Waals surface area (Å²) in [5.41, 5.74) is 0. The Hall–Kier alpha value is -0.880. The lowest BCUT2D eigenvalue weighted by Crippen LogP contribution is -2.35. The molecule has 2 N–H and O–H groups in total. The van der Waals surface area contributed by atoms with Gasteiger partial charge < -0.3 is 10.6 Å². The fraction of sp³-hybridized carbons (Fsp3) is 0.444. The van der Waals surface area contributed by atoms with Gasteiger partial charge in [-0.1, -0.05) is 0 Å². The molecule has 16 heavy (non-hydrogen) atoms. The molecule has 7 heteroatoms. The maximum atomic E-state index is 11.4. The number of rotatable bonds is 4. The van der Waals surface area contributed by atoms with Crippen molar-refractivity contribution in [1.82, 2.24) is 15.3 Å². The van der Waals surface area contributed by atoms with Gasteiger partial charge >= 0.3 is 0 Å². The topological polar surface area (TPSA) is 66.9 Å². The number of anilines is 1. The van der Waals surface area contributed by atoms with Crippen LogP contribution in [0.2, 0.25) is 5.28 Å². The zero-order valence-electron chi connectivity index (χ0n) is 8.92. The van der Waals surface area contributed by atoms with Crippen molar-refractivity contribution in [2.75, 3.05) is 11.9 Å². The van der Waals surface area contributed by atoms with E-state index in [1.54, 1.807) is 0 Å². The summed E-state index contributed by atoms with van der Waals surface area (Å²) in [7, 11) is 0. The Labute approximate surface area is 107 Å². The number of aromatic nitrogens is 2. The third-order valence-corrected chi connectivity index (χ3v) is 2.34. The average Bonchev–Trinajstić information content (AvgIpc) is 2.18. The van der Waals surface area contributed by atoms with Crippen molar-refractivity contribution in [3.63, 3.8) is 0 Å². The van der Waals surface area contributed by atoms with E-state index >= 15 is 0 Å². The van der Waals surface area contributed by atoms with Crippen molar-refractivity contribution in [3.8, 4) is 0 Å². The molecule has 0 bridgehead atoms. The van der Waals surface area contributed by atoms with Gasteiger partial charge in [0.1, 0.15) is 5.82 Å². The molecule has 88 valence electrons. The molecule has 5 nitrogen and oxygen atoms in total. The Morgan fingerprint density at radius 1 is 1.62 bits per heavy atom. The standard InChI is InChI=1S/C9H12BrClN4O/c1-5(2)14-7(16)4-12-8-6(10)3-13-9(11)15-8/h3,5H,4H2,1-2H3,(H,14,16)(H,12,13,15). The summed E-state index contributed by atoms with van der Waals surface area (Å²) >= 11 is 8.89. The number of carbonyl (C=O) groups is 1. The van der Waals surface area contributed by atoms with Crippen LogP contribution in [0.5, 0.6) is 0 Å². The average molecular weight is 308 g/mol. The van der Waals surface area contributed by atoms with E-state index in [-0.39, 0.29) is 23.8 Å². The molecule has 1 rings (SSSR count). The predicted octanol–water partition coefficient (Wildman–Crippen LogP) is 1.83. The van der Waals surface area contributed by atoms with Crippen molar-refractivity contribution < 1.29 is 4.79 Å². The molecule has 1 heterocycles. The van der Waals surface area contributed by atoms with Crippen LogP contribution in [0.1, 0.15) is 13.8 Å². The van der Waals surface area contributed by atoms with Crippen LogP contribution in [-0.4, -0.2) is 28.5 Å². The number of halogens is 2. The molecule has 1 aromatic rings. The zero-order chi connectivity index (χ0) is 12.1. The first-order valence-electron chi connectivity index (χ1n) is 4.70. The summed E-state index contributed by atoms with van der Waals surface area (Å²) < 4.78 is 0.661. The van der Waals surface area contributed by atoms with E-state index < -0.39 is 0 Å². The van der Waals surface area contributed by atoms with Crippen LogP contribution in [0.4, 0.5) is 5.82 Å². The van der Waals surface area contributed by atoms with Gasteiger partial charge in [0, 0.05) is 12.2 Å². The number of amides is 1. The molecule has 0 fully saturated rings. The van der Waals surface area contributed by atoms with E-state index in [4.69, 9.17) is 11.6 Å². The molecule has 0 aromatic carbocycles. The van der Waals surface area contributed by atoms with Gasteiger partial charge in [-0.05, 0) is 41.4 Å². The molecule has 0 aliphatic rings. The molecular weight excluding hydrogens is 295 g/mol. The lowest BCUT2D eigenvalue weighted by atomic mass is 10.4. The summed E-state index contributed by atoms with van der Waals surface area (Å²) in [6, 6.07) is 0.117. The van der Waals surface area contributed by atoms with Gasteiger partial charge in [-0.15, -0.1) is 0 Å². The molecule has 0 saturated heterocycles. The highest BCUT2D eigenvalue weighted by molar-refractivity contribution is 9.10. The number of hydrogen-bond acceptors (Lipinski definition) is 4. The van der Waals surface area contributed by atoms with E-state index in [1.165, 1.54) is 6.20 Å². The molecular formula is C9H12BrClN4O. The minimum absolute atomic E-state index is 0.100. The Morgan fingerprint density at radius 3 is 2.94 bits per heavy atom. The first-order chi connectivity index (χ1) is 7.49. The summed E-state index contributed by atoms with van der Waals surface area (Å²) in [5, 5.41) is 5.75. The third-order valence-electron chi connectivity index (χ3n) is 1.58. The molecule has 0 radical (unpaired) electrons. The summed E-state index contributed by atoms with van der Waals surface area (Å²) in [6.07, 6.45) is 1.53. The van der Waals surface area contributed by atoms with Gasteiger partial charge in [0.2, 0.25) is 11.2 Å². The van der Waals surface area contributed by atoms with Crippen LogP contribution >= 0.6 is 27.5 Å². The fourth-order valence-corrected chi connectivity index (χ4v) is 1.47. The third kappa shape index (κ3) is 4.32. The molecule has 1 aromatic heterocycles. The number of hydrogen-bond donors (Lipinski definition) is 2. The second kappa shape index (κ2) is 6.00. The maximum Gasteiger partial charge on any atom is 0.239 e. The van der Waals surface area contributed by atoms with Crippen LogP contribution < -0.4 is 10.6 Å². The largest absolute Gasteiger partial charge is 0.360 e. The summed E-state index contributed by atoms with van der Waals surface area (Å²) in [5.74, 6) is 0.399. The van der Waals surface area contributed by atoms with Gasteiger partial charge in [-0.3, -0.25) is 4.79 Å². The number of nitrogens with one attached hydrogen (secondary N) is 2. The highest BCUT2D eigenvalue weighted by Crippen LogP contribution is 2.19. The Bertz CT molecular complexity index is 386. The quantitative estimate of drug-likeness (QED) is 0.833. The van der Waals surface area contributed by atoms with E-state index in [1.807, 2.05) is 13.8 Å². The van der Waals surface area contributed by atoms with Gasteiger partial charge in [-0.2, -0.15) is 4.98 Å². The summed E-state index contributed by atoms with van der Waals surface area (Å²) in [6.45, 7) is 3.94. The van der Waals surface area contributed by atoms with Gasteiger partial charge in [0.25, 0.3) is 0 Å². The van der Waals surface area contributed by atoms with Crippen LogP contribution in [0, 0.1) is 0 Å². The Morgan fingerprint density at radius 2 is 2.31 bits per heavy atom. The van der Waals surface area contributed by atoms with Gasteiger partial charge in [-0.25, -0.2) is 4.98 Å². The molecule has 0 unspecified atom stereocenters. The highest BCUT2D eigenvalue weighted by Gasteiger charge is 2.06. The minimum atomic E-state index is -0.100. The first kappa shape index (κ1) is 13.2. The van der Waals surface area contributed by atoms with Crippen LogP contribution in [0.25, 0.3) is 0 Å². The lowest BCUT2D eigenvalue weighted by molar-refractivity contribution is -0.119. The molecule has 0 atom stereocenters. The molecule has 0 spiro atoms. The molecule has 1 amide bonds. The van der Waals surface area contributed by atoms with Crippen LogP contribution in [0.3, 0.4) is 0 Å². The normalized spacial score (nSPS) is 10.3. The smallest absolute Gasteiger partial charge is 0.239 e. The monoisotopic (exact) mass is 306 g/mol. The molecule has 0 aliphatic heterocycles. The molecule has 0 saturated carbocycles. The second-order valence-electron chi connectivity index (χ2n) is 3.41. The van der Waals surface area contributed by atoms with Crippen molar-refractivity contribution in [2.24, 2.45) is 0 Å². The van der Waals surface area contributed by atoms with Crippen molar-refractivity contribution in [2.45, 2.75) is 19.9 Å². The van der Waals surface area contributed by atoms with Crippen LogP contribution in [0.15, 0.2) is 10.7 Å². The van der Waals surface area contributed by atoms with Gasteiger partial charge in [0.05, 0.1) is 11.0 Å². The highest BCUT2D eigenvalue weighted by atomic mass is 79.9. The maximum absolute atomic E-state index is 11.4. The zero-order valence-corrected chi connectivity index (χ0v) is 11.3. The van der Waals surface area contributed by atoms with E-state index in [2.05, 4.69) is 36.5 Å². The SMILES string of the molecule is CC(C)NC(=O)CNc1nc(Cl)ncc1Br. The predicted molar refractivity (Wildman–Crippen MR) is 66.5 cm³/mol. The molecule has 0 aliphatic carbocycles. The fourth-order valence-electron chi connectivity index (χ4n) is 1.01. The minimum Gasteiger partial charge on any atom is -0.360 e. The van der Waals surface area contributed by atoms with Gasteiger partial charge in [0.15, 0.2) is 0 Å². The van der Waals surface area contributed by atoms with E-state index in [0.717, 1.165) is 0 Å². The lowest BCUT2D eigenvalue weighted by Gasteiger charge is -2.10. The van der Waals surface area contributed by atoms with Crippen molar-refractivity contribution in [3.05, 3.63) is 16.0 Å². The second-order valence-corrected chi connectivity index (χ2v) is 4.60. The van der Waals surface area contributed by atoms with E-state index in [9.17, 15) is 4.79 Å². The van der Waals surface area contributed by atoms with Crippen LogP contribution in [-0.2, 0) is 4.79 Å². The number of carbonyl (C=O) groups excluding carboxylic acids is 1. The van der Waals surface area contributed by atoms with E-state index in [0.29, 0.717) is 10.3 Å². The summed E-state index contributed by atoms with van der Waals surface area (Å²) in [4.78, 5) is 19.1. The number of nitrogens with zero attached hydrogens (tertiary/aromatic N) is 2. The Kier molecular flexibility index (Phi) is 4.95. The van der Waals surface area contributed by atoms with Crippen molar-refractivity contribution in [1.29, 1.82) is 0 Å². The first-order valence-corrected chi connectivity index (χ1v) is 5.87. The Balaban J connectivity index is 2.54.